The zero-order valence-corrected chi connectivity index (χ0v) is 13.9. The van der Waals surface area contributed by atoms with Crippen LogP contribution in [0.4, 0.5) is 0 Å². The van der Waals surface area contributed by atoms with Gasteiger partial charge in [0.05, 0.1) is 12.6 Å². The molecule has 1 fully saturated rings. The van der Waals surface area contributed by atoms with Crippen LogP contribution in [0.5, 0.6) is 5.75 Å². The lowest BCUT2D eigenvalue weighted by atomic mass is 9.92. The summed E-state index contributed by atoms with van der Waals surface area (Å²) in [5, 5.41) is 0. The fourth-order valence-electron chi connectivity index (χ4n) is 3.35. The lowest BCUT2D eigenvalue weighted by molar-refractivity contribution is 0.0737. The molecule has 1 aliphatic rings. The number of nitrogens with two attached hydrogens (primary N) is 1. The minimum absolute atomic E-state index is 0.103. The monoisotopic (exact) mass is 290 g/mol. The zero-order valence-electron chi connectivity index (χ0n) is 13.9. The van der Waals surface area contributed by atoms with Gasteiger partial charge in [0, 0.05) is 17.1 Å². The van der Waals surface area contributed by atoms with Crippen molar-refractivity contribution in [3.8, 4) is 5.75 Å². The first-order valence-corrected chi connectivity index (χ1v) is 8.19. The van der Waals surface area contributed by atoms with E-state index < -0.39 is 0 Å². The van der Waals surface area contributed by atoms with E-state index in [-0.39, 0.29) is 17.6 Å². The zero-order chi connectivity index (χ0) is 15.5. The van der Waals surface area contributed by atoms with Crippen molar-refractivity contribution in [1.82, 2.24) is 4.90 Å². The molecule has 2 atom stereocenters. The molecule has 0 saturated carbocycles. The number of hydrogen-bond donors (Lipinski definition) is 1. The van der Waals surface area contributed by atoms with Gasteiger partial charge in [0.1, 0.15) is 5.75 Å². The summed E-state index contributed by atoms with van der Waals surface area (Å²) in [5.41, 5.74) is 7.91. The molecular formula is C18H30N2O. The van der Waals surface area contributed by atoms with Crippen LogP contribution in [0.1, 0.15) is 58.6 Å². The standard InChI is InChI=1S/C18H30N2O/c1-5-21-16-12-7-6-10-14(16)17-15(19)11-8-9-13-20(17)18(2,3)4/h6-7,10,12,15,17H,5,8-9,11,13,19H2,1-4H3. The van der Waals surface area contributed by atoms with Crippen LogP contribution in [0.25, 0.3) is 0 Å². The normalized spacial score (nSPS) is 24.6. The molecule has 0 aromatic heterocycles. The number of hydrogen-bond acceptors (Lipinski definition) is 3. The van der Waals surface area contributed by atoms with Gasteiger partial charge in [0.2, 0.25) is 0 Å². The first-order chi connectivity index (χ1) is 9.95. The molecule has 21 heavy (non-hydrogen) atoms. The molecule has 0 radical (unpaired) electrons. The van der Waals surface area contributed by atoms with Crippen LogP contribution in [0.2, 0.25) is 0 Å². The SMILES string of the molecule is CCOc1ccccc1C1C(N)CCCCN1C(C)(C)C. The van der Waals surface area contributed by atoms with Crippen molar-refractivity contribution in [2.45, 2.75) is 64.6 Å². The summed E-state index contributed by atoms with van der Waals surface area (Å²) in [4.78, 5) is 2.56. The van der Waals surface area contributed by atoms with E-state index in [0.717, 1.165) is 18.7 Å². The highest BCUT2D eigenvalue weighted by molar-refractivity contribution is 5.37. The molecule has 3 nitrogen and oxygen atoms in total. The summed E-state index contributed by atoms with van der Waals surface area (Å²) in [6.07, 6.45) is 3.51. The number of nitrogens with zero attached hydrogens (tertiary/aromatic N) is 1. The summed E-state index contributed by atoms with van der Waals surface area (Å²) < 4.78 is 5.86. The third kappa shape index (κ3) is 3.78. The van der Waals surface area contributed by atoms with Crippen molar-refractivity contribution in [2.24, 2.45) is 5.73 Å². The lowest BCUT2D eigenvalue weighted by Crippen LogP contribution is -2.49. The first kappa shape index (κ1) is 16.3. The second-order valence-corrected chi connectivity index (χ2v) is 6.94. The highest BCUT2D eigenvalue weighted by Gasteiger charge is 2.36. The molecule has 1 aromatic rings. The second-order valence-electron chi connectivity index (χ2n) is 6.94. The van der Waals surface area contributed by atoms with Crippen molar-refractivity contribution in [1.29, 1.82) is 0 Å². The van der Waals surface area contributed by atoms with Crippen LogP contribution in [0, 0.1) is 0 Å². The number of ether oxygens (including phenoxy) is 1. The molecule has 3 heteroatoms. The van der Waals surface area contributed by atoms with E-state index in [0.29, 0.717) is 6.61 Å². The largest absolute Gasteiger partial charge is 0.494 e. The average molecular weight is 290 g/mol. The van der Waals surface area contributed by atoms with Crippen molar-refractivity contribution in [2.75, 3.05) is 13.2 Å². The molecule has 2 N–H and O–H groups in total. The molecule has 1 heterocycles. The van der Waals surface area contributed by atoms with Crippen LogP contribution in [0.3, 0.4) is 0 Å². The Bertz CT molecular complexity index is 453. The molecular weight excluding hydrogens is 260 g/mol. The third-order valence-electron chi connectivity index (χ3n) is 4.33. The maximum Gasteiger partial charge on any atom is 0.124 e. The van der Waals surface area contributed by atoms with Crippen LogP contribution in [-0.4, -0.2) is 29.6 Å². The van der Waals surface area contributed by atoms with Gasteiger partial charge in [-0.05, 0) is 53.1 Å². The van der Waals surface area contributed by atoms with Gasteiger partial charge in [0.25, 0.3) is 0 Å². The summed E-state index contributed by atoms with van der Waals surface area (Å²) in [5.74, 6) is 0.983. The van der Waals surface area contributed by atoms with Gasteiger partial charge in [0.15, 0.2) is 0 Å². The topological polar surface area (TPSA) is 38.5 Å². The van der Waals surface area contributed by atoms with Gasteiger partial charge >= 0.3 is 0 Å². The van der Waals surface area contributed by atoms with E-state index in [1.807, 2.05) is 13.0 Å². The molecule has 1 saturated heterocycles. The van der Waals surface area contributed by atoms with Gasteiger partial charge in [-0.2, -0.15) is 0 Å². The Morgan fingerprint density at radius 2 is 1.95 bits per heavy atom. The molecule has 1 aromatic carbocycles. The fourth-order valence-corrected chi connectivity index (χ4v) is 3.35. The lowest BCUT2D eigenvalue weighted by Gasteiger charge is -2.43. The number of para-hydroxylation sites is 1. The van der Waals surface area contributed by atoms with E-state index in [2.05, 4.69) is 43.9 Å². The Balaban J connectivity index is 2.44. The molecule has 2 rings (SSSR count). The molecule has 0 amide bonds. The third-order valence-corrected chi connectivity index (χ3v) is 4.33. The second kappa shape index (κ2) is 6.80. The van der Waals surface area contributed by atoms with Gasteiger partial charge in [-0.15, -0.1) is 0 Å². The first-order valence-electron chi connectivity index (χ1n) is 8.19. The predicted molar refractivity (Wildman–Crippen MR) is 88.6 cm³/mol. The van der Waals surface area contributed by atoms with Crippen LogP contribution in [-0.2, 0) is 0 Å². The highest BCUT2D eigenvalue weighted by Crippen LogP contribution is 2.38. The molecule has 0 aliphatic carbocycles. The summed E-state index contributed by atoms with van der Waals surface area (Å²) in [6, 6.07) is 8.77. The Morgan fingerprint density at radius 3 is 2.62 bits per heavy atom. The quantitative estimate of drug-likeness (QED) is 0.921. The molecule has 1 aliphatic heterocycles. The van der Waals surface area contributed by atoms with E-state index in [9.17, 15) is 0 Å². The van der Waals surface area contributed by atoms with Crippen molar-refractivity contribution >= 4 is 0 Å². The van der Waals surface area contributed by atoms with Crippen molar-refractivity contribution < 1.29 is 4.74 Å². The van der Waals surface area contributed by atoms with Crippen molar-refractivity contribution in [3.05, 3.63) is 29.8 Å². The average Bonchev–Trinajstić information content (AvgIpc) is 2.61. The van der Waals surface area contributed by atoms with E-state index in [1.54, 1.807) is 0 Å². The van der Waals surface area contributed by atoms with E-state index in [1.165, 1.54) is 18.4 Å². The highest BCUT2D eigenvalue weighted by atomic mass is 16.5. The molecule has 2 unspecified atom stereocenters. The Labute approximate surface area is 129 Å². The van der Waals surface area contributed by atoms with Gasteiger partial charge < -0.3 is 10.5 Å². The summed E-state index contributed by atoms with van der Waals surface area (Å²) in [7, 11) is 0. The van der Waals surface area contributed by atoms with Crippen molar-refractivity contribution in [3.63, 3.8) is 0 Å². The minimum atomic E-state index is 0.103. The number of benzene rings is 1. The number of rotatable bonds is 3. The Hall–Kier alpha value is -1.06. The molecule has 0 bridgehead atoms. The van der Waals surface area contributed by atoms with E-state index in [4.69, 9.17) is 10.5 Å². The van der Waals surface area contributed by atoms with Gasteiger partial charge in [-0.25, -0.2) is 0 Å². The van der Waals surface area contributed by atoms with E-state index >= 15 is 0 Å². The maximum absolute atomic E-state index is 6.57. The van der Waals surface area contributed by atoms with Gasteiger partial charge in [-0.3, -0.25) is 4.90 Å². The Kier molecular flexibility index (Phi) is 5.28. The molecule has 0 spiro atoms. The smallest absolute Gasteiger partial charge is 0.124 e. The van der Waals surface area contributed by atoms with Gasteiger partial charge in [-0.1, -0.05) is 24.6 Å². The fraction of sp³-hybridized carbons (Fsp3) is 0.667. The summed E-state index contributed by atoms with van der Waals surface area (Å²) >= 11 is 0. The molecule has 118 valence electrons. The van der Waals surface area contributed by atoms with Crippen LogP contribution >= 0.6 is 0 Å². The number of likely N-dealkylation sites (tertiary alicyclic amines) is 1. The Morgan fingerprint density at radius 1 is 1.24 bits per heavy atom. The predicted octanol–water partition coefficient (Wildman–Crippen LogP) is 3.74. The van der Waals surface area contributed by atoms with Crippen LogP contribution in [0.15, 0.2) is 24.3 Å². The summed E-state index contributed by atoms with van der Waals surface area (Å²) in [6.45, 7) is 10.7. The van der Waals surface area contributed by atoms with Crippen LogP contribution < -0.4 is 10.5 Å². The minimum Gasteiger partial charge on any atom is -0.494 e. The maximum atomic E-state index is 6.57.